The summed E-state index contributed by atoms with van der Waals surface area (Å²) in [6.45, 7) is 4.93. The minimum atomic E-state index is -0.845. The second-order valence-electron chi connectivity index (χ2n) is 24.6. The number of allylic oxidation sites excluding steroid dienone is 3. The van der Waals surface area contributed by atoms with Gasteiger partial charge in [0.05, 0.1) is 25.4 Å². The number of carbonyl (C=O) groups is 2. The number of ether oxygens (including phenoxy) is 1. The minimum Gasteiger partial charge on any atom is -0.466 e. The van der Waals surface area contributed by atoms with Crippen molar-refractivity contribution in [2.45, 2.75) is 411 Å². The van der Waals surface area contributed by atoms with Gasteiger partial charge < -0.3 is 20.3 Å². The summed E-state index contributed by atoms with van der Waals surface area (Å²) in [5, 5.41) is 23.3. The SMILES string of the molecule is CCCCCCC/C=C\CCCCCCCC(=O)OCCCCCCCCCCCCCCCCCCCCCCCCCCC(=O)NC(CO)C(O)/C=C/CCCCCCCCCCCCCCCCCCCCCCC. The number of nitrogens with one attached hydrogen (secondary N) is 1. The van der Waals surface area contributed by atoms with Crippen LogP contribution in [0.1, 0.15) is 399 Å². The van der Waals surface area contributed by atoms with Gasteiger partial charge >= 0.3 is 5.97 Å². The average Bonchev–Trinajstić information content (AvgIpc) is 3.44. The maximum absolute atomic E-state index is 12.5. The van der Waals surface area contributed by atoms with E-state index in [0.29, 0.717) is 19.4 Å². The van der Waals surface area contributed by atoms with E-state index in [-0.39, 0.29) is 18.5 Å². The molecule has 0 bridgehead atoms. The van der Waals surface area contributed by atoms with Gasteiger partial charge in [-0.1, -0.05) is 353 Å². The van der Waals surface area contributed by atoms with E-state index in [0.717, 1.165) is 44.9 Å². The summed E-state index contributed by atoms with van der Waals surface area (Å²) in [5.74, 6) is -0.0552. The van der Waals surface area contributed by atoms with Gasteiger partial charge in [-0.25, -0.2) is 0 Å². The van der Waals surface area contributed by atoms with Crippen molar-refractivity contribution in [1.82, 2.24) is 5.32 Å². The first-order valence-electron chi connectivity index (χ1n) is 35.6. The fourth-order valence-electron chi connectivity index (χ4n) is 11.3. The average molecular weight is 1100 g/mol. The molecule has 2 atom stereocenters. The first kappa shape index (κ1) is 76.3. The summed E-state index contributed by atoms with van der Waals surface area (Å²) in [5.41, 5.74) is 0. The first-order chi connectivity index (χ1) is 38.5. The van der Waals surface area contributed by atoms with Crippen LogP contribution >= 0.6 is 0 Å². The summed E-state index contributed by atoms with van der Waals surface area (Å²) < 4.78 is 5.49. The third-order valence-corrected chi connectivity index (χ3v) is 16.7. The number of hydrogen-bond acceptors (Lipinski definition) is 5. The zero-order valence-electron chi connectivity index (χ0n) is 52.9. The molecule has 1 amide bonds. The van der Waals surface area contributed by atoms with Crippen LogP contribution in [0.4, 0.5) is 0 Å². The molecule has 6 heteroatoms. The van der Waals surface area contributed by atoms with E-state index in [9.17, 15) is 19.8 Å². The van der Waals surface area contributed by atoms with Crippen LogP contribution in [-0.2, 0) is 14.3 Å². The Bertz CT molecular complexity index is 1220. The van der Waals surface area contributed by atoms with Crippen LogP contribution in [0.2, 0.25) is 0 Å². The van der Waals surface area contributed by atoms with Crippen LogP contribution in [0, 0.1) is 0 Å². The highest BCUT2D eigenvalue weighted by atomic mass is 16.5. The van der Waals surface area contributed by atoms with Gasteiger partial charge in [0.1, 0.15) is 0 Å². The van der Waals surface area contributed by atoms with Crippen molar-refractivity contribution in [1.29, 1.82) is 0 Å². The Morgan fingerprint density at radius 2 is 0.603 bits per heavy atom. The Morgan fingerprint density at radius 1 is 0.346 bits per heavy atom. The topological polar surface area (TPSA) is 95.9 Å². The van der Waals surface area contributed by atoms with Crippen molar-refractivity contribution in [2.24, 2.45) is 0 Å². The van der Waals surface area contributed by atoms with Crippen molar-refractivity contribution < 1.29 is 24.5 Å². The zero-order chi connectivity index (χ0) is 56.4. The van der Waals surface area contributed by atoms with E-state index in [4.69, 9.17) is 4.74 Å². The minimum absolute atomic E-state index is 0.00725. The third-order valence-electron chi connectivity index (χ3n) is 16.7. The molecule has 0 aromatic rings. The summed E-state index contributed by atoms with van der Waals surface area (Å²) in [6.07, 6.45) is 85.4. The molecule has 0 spiro atoms. The normalized spacial score (nSPS) is 12.6. The van der Waals surface area contributed by atoms with Crippen LogP contribution in [0.25, 0.3) is 0 Å². The van der Waals surface area contributed by atoms with Crippen LogP contribution in [0.5, 0.6) is 0 Å². The number of hydrogen-bond donors (Lipinski definition) is 3. The highest BCUT2D eigenvalue weighted by Crippen LogP contribution is 2.19. The number of unbranched alkanes of at least 4 members (excludes halogenated alkanes) is 54. The van der Waals surface area contributed by atoms with Crippen molar-refractivity contribution in [2.75, 3.05) is 13.2 Å². The molecule has 3 N–H and O–H groups in total. The maximum atomic E-state index is 12.5. The molecule has 0 aliphatic rings. The lowest BCUT2D eigenvalue weighted by Gasteiger charge is -2.20. The van der Waals surface area contributed by atoms with Crippen molar-refractivity contribution >= 4 is 11.9 Å². The van der Waals surface area contributed by atoms with Crippen molar-refractivity contribution in [3.8, 4) is 0 Å². The molecule has 0 aliphatic heterocycles. The first-order valence-corrected chi connectivity index (χ1v) is 35.6. The molecule has 0 radical (unpaired) electrons. The smallest absolute Gasteiger partial charge is 0.305 e. The quantitative estimate of drug-likeness (QED) is 0.0320. The predicted molar refractivity (Wildman–Crippen MR) is 343 cm³/mol. The standard InChI is InChI=1S/C72H139NO5/c1-3-5-7-9-11-13-15-17-19-20-21-22-25-28-31-34-37-40-44-48-52-56-60-64-70(75)69(68-74)73-71(76)65-61-57-53-49-45-41-38-35-32-29-26-23-24-27-30-33-36-39-43-47-51-55-59-63-67-78-72(77)66-62-58-54-50-46-42-18-16-14-12-10-8-6-4-2/h16,18,60,64,69-70,74-75H,3-15,17,19-59,61-63,65-68H2,1-2H3,(H,73,76)/b18-16-,64-60+. The lowest BCUT2D eigenvalue weighted by atomic mass is 10.0. The summed E-state index contributed by atoms with van der Waals surface area (Å²) in [6, 6.07) is -0.628. The molecule has 2 unspecified atom stereocenters. The van der Waals surface area contributed by atoms with Crippen molar-refractivity contribution in [3.05, 3.63) is 24.3 Å². The second-order valence-corrected chi connectivity index (χ2v) is 24.6. The largest absolute Gasteiger partial charge is 0.466 e. The summed E-state index contributed by atoms with van der Waals surface area (Å²) in [4.78, 5) is 24.6. The fourth-order valence-corrected chi connectivity index (χ4v) is 11.3. The molecule has 0 saturated heterocycles. The number of aliphatic hydroxyl groups is 2. The number of amides is 1. The summed E-state index contributed by atoms with van der Waals surface area (Å²) >= 11 is 0. The Hall–Kier alpha value is -1.66. The maximum Gasteiger partial charge on any atom is 0.305 e. The number of rotatable bonds is 67. The number of esters is 1. The molecule has 6 nitrogen and oxygen atoms in total. The van der Waals surface area contributed by atoms with E-state index in [1.54, 1.807) is 6.08 Å². The highest BCUT2D eigenvalue weighted by molar-refractivity contribution is 5.76. The van der Waals surface area contributed by atoms with Crippen LogP contribution in [-0.4, -0.2) is 47.4 Å². The molecule has 78 heavy (non-hydrogen) atoms. The molecule has 462 valence electrons. The molecule has 0 saturated carbocycles. The van der Waals surface area contributed by atoms with E-state index in [1.165, 1.54) is 327 Å². The van der Waals surface area contributed by atoms with Gasteiger partial charge in [-0.3, -0.25) is 9.59 Å². The Kier molecular flexibility index (Phi) is 66.4. The molecule has 0 heterocycles. The van der Waals surface area contributed by atoms with E-state index in [2.05, 4.69) is 31.3 Å². The lowest BCUT2D eigenvalue weighted by molar-refractivity contribution is -0.143. The number of carbonyl (C=O) groups excluding carboxylic acids is 2. The highest BCUT2D eigenvalue weighted by Gasteiger charge is 2.18. The molecule has 0 aromatic heterocycles. The van der Waals surface area contributed by atoms with Crippen molar-refractivity contribution in [3.63, 3.8) is 0 Å². The predicted octanol–water partition coefficient (Wildman–Crippen LogP) is 22.9. The molecule has 0 rings (SSSR count). The third kappa shape index (κ3) is 63.5. The molecular formula is C72H139NO5. The Labute approximate surface area is 488 Å². The molecule has 0 aromatic carbocycles. The number of aliphatic hydroxyl groups excluding tert-OH is 2. The van der Waals surface area contributed by atoms with Gasteiger partial charge in [0, 0.05) is 12.8 Å². The van der Waals surface area contributed by atoms with Crippen LogP contribution in [0.15, 0.2) is 24.3 Å². The molecule has 0 fully saturated rings. The Balaban J connectivity index is 3.40. The van der Waals surface area contributed by atoms with Gasteiger partial charge in [-0.05, 0) is 57.8 Å². The van der Waals surface area contributed by atoms with Crippen LogP contribution < -0.4 is 5.32 Å². The lowest BCUT2D eigenvalue weighted by Crippen LogP contribution is -2.45. The van der Waals surface area contributed by atoms with Gasteiger partial charge in [-0.15, -0.1) is 0 Å². The van der Waals surface area contributed by atoms with E-state index < -0.39 is 12.1 Å². The molecule has 0 aliphatic carbocycles. The zero-order valence-corrected chi connectivity index (χ0v) is 52.9. The fraction of sp³-hybridized carbons (Fsp3) is 0.917. The van der Waals surface area contributed by atoms with Gasteiger partial charge in [0.15, 0.2) is 0 Å². The Morgan fingerprint density at radius 3 is 0.910 bits per heavy atom. The van der Waals surface area contributed by atoms with Gasteiger partial charge in [0.2, 0.25) is 5.91 Å². The van der Waals surface area contributed by atoms with Gasteiger partial charge in [-0.2, -0.15) is 0 Å². The monoisotopic (exact) mass is 1100 g/mol. The van der Waals surface area contributed by atoms with E-state index in [1.807, 2.05) is 6.08 Å². The van der Waals surface area contributed by atoms with Gasteiger partial charge in [0.25, 0.3) is 0 Å². The molecular weight excluding hydrogens is 959 g/mol. The van der Waals surface area contributed by atoms with E-state index >= 15 is 0 Å². The van der Waals surface area contributed by atoms with Crippen LogP contribution in [0.3, 0.4) is 0 Å². The second kappa shape index (κ2) is 67.8. The summed E-state index contributed by atoms with van der Waals surface area (Å²) in [7, 11) is 0.